The summed E-state index contributed by atoms with van der Waals surface area (Å²) in [5.74, 6) is 0.964. The van der Waals surface area contributed by atoms with E-state index in [-0.39, 0.29) is 23.9 Å². The van der Waals surface area contributed by atoms with E-state index in [1.54, 1.807) is 11.0 Å². The number of amides is 1. The molecule has 0 bridgehead atoms. The van der Waals surface area contributed by atoms with Gasteiger partial charge in [0.2, 0.25) is 5.95 Å². The first kappa shape index (κ1) is 22.8. The number of rotatable bonds is 4. The fourth-order valence-electron chi connectivity index (χ4n) is 4.40. The second-order valence-corrected chi connectivity index (χ2v) is 8.77. The zero-order chi connectivity index (χ0) is 22.7. The molecular weight excluding hydrogens is 430 g/mol. The highest BCUT2D eigenvalue weighted by atomic mass is 35.5. The lowest BCUT2D eigenvalue weighted by Crippen LogP contribution is -2.40. The molecule has 172 valence electrons. The van der Waals surface area contributed by atoms with E-state index in [0.29, 0.717) is 37.0 Å². The summed E-state index contributed by atoms with van der Waals surface area (Å²) in [6.07, 6.45) is 2.57. The van der Waals surface area contributed by atoms with Crippen LogP contribution in [-0.2, 0) is 9.47 Å². The number of aromatic nitrogens is 2. The van der Waals surface area contributed by atoms with Crippen LogP contribution < -0.4 is 10.6 Å². The van der Waals surface area contributed by atoms with Crippen molar-refractivity contribution >= 4 is 29.3 Å². The Morgan fingerprint density at radius 3 is 2.69 bits per heavy atom. The van der Waals surface area contributed by atoms with Crippen molar-refractivity contribution in [2.24, 2.45) is 0 Å². The molecule has 0 radical (unpaired) electrons. The standard InChI is InChI=1S/C23H30ClN5O3/c1-15-12-21(27-23(25)26-15)29-8-3-9-32-14-20(29)18-5-4-16(13-19(18)24)22(30)28(2)17-6-10-31-11-7-17/h4-5,12-13,17,20H,3,6-11,14H2,1-2H3,(H2,25,26,27)/t20-/m0/s1. The van der Waals surface area contributed by atoms with E-state index in [4.69, 9.17) is 26.8 Å². The van der Waals surface area contributed by atoms with Gasteiger partial charge in [-0.1, -0.05) is 17.7 Å². The summed E-state index contributed by atoms with van der Waals surface area (Å²) in [7, 11) is 1.85. The third-order valence-corrected chi connectivity index (χ3v) is 6.48. The number of nitrogens with zero attached hydrogens (tertiary/aromatic N) is 4. The molecule has 1 aromatic carbocycles. The molecule has 2 aliphatic heterocycles. The van der Waals surface area contributed by atoms with Crippen LogP contribution in [0.3, 0.4) is 0 Å². The maximum atomic E-state index is 13.1. The number of carbonyl (C=O) groups excluding carboxylic acids is 1. The quantitative estimate of drug-likeness (QED) is 0.749. The van der Waals surface area contributed by atoms with Crippen molar-refractivity contribution in [1.29, 1.82) is 0 Å². The maximum Gasteiger partial charge on any atom is 0.253 e. The molecule has 9 heteroatoms. The van der Waals surface area contributed by atoms with Gasteiger partial charge in [0, 0.05) is 61.8 Å². The minimum atomic E-state index is -0.143. The van der Waals surface area contributed by atoms with Crippen LogP contribution in [0.15, 0.2) is 24.3 Å². The van der Waals surface area contributed by atoms with Gasteiger partial charge in [0.25, 0.3) is 5.91 Å². The molecule has 2 aromatic rings. The van der Waals surface area contributed by atoms with E-state index in [9.17, 15) is 4.79 Å². The number of carbonyl (C=O) groups is 1. The molecule has 3 heterocycles. The highest BCUT2D eigenvalue weighted by Gasteiger charge is 2.28. The average molecular weight is 460 g/mol. The van der Waals surface area contributed by atoms with Crippen LogP contribution in [0.1, 0.15) is 46.9 Å². The lowest BCUT2D eigenvalue weighted by Gasteiger charge is -2.32. The normalized spacial score (nSPS) is 20.1. The predicted molar refractivity (Wildman–Crippen MR) is 124 cm³/mol. The highest BCUT2D eigenvalue weighted by molar-refractivity contribution is 6.31. The molecule has 0 saturated carbocycles. The van der Waals surface area contributed by atoms with Crippen LogP contribution >= 0.6 is 11.6 Å². The summed E-state index contributed by atoms with van der Waals surface area (Å²) < 4.78 is 11.3. The van der Waals surface area contributed by atoms with Crippen LogP contribution in [0.25, 0.3) is 0 Å². The Morgan fingerprint density at radius 2 is 1.97 bits per heavy atom. The lowest BCUT2D eigenvalue weighted by atomic mass is 10.0. The lowest BCUT2D eigenvalue weighted by molar-refractivity contribution is 0.0362. The largest absolute Gasteiger partial charge is 0.381 e. The Balaban J connectivity index is 1.60. The molecular formula is C23H30ClN5O3. The fraction of sp³-hybridized carbons (Fsp3) is 0.522. The molecule has 2 fully saturated rings. The number of benzene rings is 1. The van der Waals surface area contributed by atoms with Gasteiger partial charge < -0.3 is 25.0 Å². The van der Waals surface area contributed by atoms with Crippen LogP contribution in [0.2, 0.25) is 5.02 Å². The number of aryl methyl sites for hydroxylation is 1. The molecule has 1 amide bonds. The molecule has 4 rings (SSSR count). The van der Waals surface area contributed by atoms with Gasteiger partial charge in [-0.05, 0) is 43.9 Å². The number of nitrogen functional groups attached to an aromatic ring is 1. The van der Waals surface area contributed by atoms with Gasteiger partial charge in [0.1, 0.15) is 5.82 Å². The van der Waals surface area contributed by atoms with Gasteiger partial charge in [-0.25, -0.2) is 4.98 Å². The first-order valence-electron chi connectivity index (χ1n) is 11.0. The molecule has 1 aromatic heterocycles. The Labute approximate surface area is 193 Å². The van der Waals surface area contributed by atoms with Crippen LogP contribution in [0, 0.1) is 6.92 Å². The monoisotopic (exact) mass is 459 g/mol. The third kappa shape index (κ3) is 4.98. The Morgan fingerprint density at radius 1 is 1.19 bits per heavy atom. The topological polar surface area (TPSA) is 93.8 Å². The van der Waals surface area contributed by atoms with Crippen molar-refractivity contribution in [2.45, 2.75) is 38.3 Å². The second kappa shape index (κ2) is 10.0. The predicted octanol–water partition coefficient (Wildman–Crippen LogP) is 3.24. The molecule has 2 aliphatic rings. The SMILES string of the molecule is Cc1cc(N2CCCOC[C@H]2c2ccc(C(=O)N(C)C3CCOCC3)cc2Cl)nc(N)n1. The van der Waals surface area contributed by atoms with Gasteiger partial charge in [-0.15, -0.1) is 0 Å². The number of ether oxygens (including phenoxy) is 2. The van der Waals surface area contributed by atoms with E-state index < -0.39 is 0 Å². The summed E-state index contributed by atoms with van der Waals surface area (Å²) in [6, 6.07) is 7.50. The number of nitrogens with two attached hydrogens (primary N) is 1. The molecule has 0 unspecified atom stereocenters. The molecule has 2 saturated heterocycles. The second-order valence-electron chi connectivity index (χ2n) is 8.36. The van der Waals surface area contributed by atoms with Gasteiger partial charge in [0.05, 0.1) is 12.6 Å². The summed E-state index contributed by atoms with van der Waals surface area (Å²) in [6.45, 7) is 5.16. The van der Waals surface area contributed by atoms with Crippen LogP contribution in [-0.4, -0.2) is 66.8 Å². The molecule has 32 heavy (non-hydrogen) atoms. The van der Waals surface area contributed by atoms with Crippen molar-refractivity contribution in [3.8, 4) is 0 Å². The van der Waals surface area contributed by atoms with E-state index >= 15 is 0 Å². The highest BCUT2D eigenvalue weighted by Crippen LogP contribution is 2.34. The summed E-state index contributed by atoms with van der Waals surface area (Å²) >= 11 is 6.74. The van der Waals surface area contributed by atoms with E-state index in [0.717, 1.165) is 42.9 Å². The molecule has 0 spiro atoms. The smallest absolute Gasteiger partial charge is 0.253 e. The average Bonchev–Trinajstić information content (AvgIpc) is 3.04. The van der Waals surface area contributed by atoms with Crippen LogP contribution in [0.4, 0.5) is 11.8 Å². The Hall–Kier alpha value is -2.42. The summed E-state index contributed by atoms with van der Waals surface area (Å²) in [5.41, 5.74) is 8.19. The van der Waals surface area contributed by atoms with Gasteiger partial charge in [0.15, 0.2) is 0 Å². The van der Waals surface area contributed by atoms with Crippen molar-refractivity contribution in [1.82, 2.24) is 14.9 Å². The number of halogens is 1. The van der Waals surface area contributed by atoms with E-state index in [1.807, 2.05) is 32.2 Å². The minimum absolute atomic E-state index is 0.0291. The van der Waals surface area contributed by atoms with Crippen LogP contribution in [0.5, 0.6) is 0 Å². The first-order valence-corrected chi connectivity index (χ1v) is 11.4. The zero-order valence-corrected chi connectivity index (χ0v) is 19.3. The number of hydrogen-bond acceptors (Lipinski definition) is 7. The molecule has 1 atom stereocenters. The van der Waals surface area contributed by atoms with Gasteiger partial charge in [-0.3, -0.25) is 4.79 Å². The van der Waals surface area contributed by atoms with Crippen molar-refractivity contribution in [2.75, 3.05) is 50.7 Å². The van der Waals surface area contributed by atoms with Crippen molar-refractivity contribution in [3.63, 3.8) is 0 Å². The van der Waals surface area contributed by atoms with E-state index in [2.05, 4.69) is 14.9 Å². The fourth-order valence-corrected chi connectivity index (χ4v) is 4.71. The number of anilines is 2. The zero-order valence-electron chi connectivity index (χ0n) is 18.6. The summed E-state index contributed by atoms with van der Waals surface area (Å²) in [4.78, 5) is 25.7. The van der Waals surface area contributed by atoms with Gasteiger partial charge in [-0.2, -0.15) is 4.98 Å². The minimum Gasteiger partial charge on any atom is -0.381 e. The van der Waals surface area contributed by atoms with Gasteiger partial charge >= 0.3 is 0 Å². The van der Waals surface area contributed by atoms with Crippen molar-refractivity contribution in [3.05, 3.63) is 46.1 Å². The number of hydrogen-bond donors (Lipinski definition) is 1. The van der Waals surface area contributed by atoms with Crippen molar-refractivity contribution < 1.29 is 14.3 Å². The Bertz CT molecular complexity index is 946. The summed E-state index contributed by atoms with van der Waals surface area (Å²) in [5, 5.41) is 0.537. The third-order valence-electron chi connectivity index (χ3n) is 6.16. The first-order chi connectivity index (χ1) is 15.4. The maximum absolute atomic E-state index is 13.1. The molecule has 0 aliphatic carbocycles. The molecule has 8 nitrogen and oxygen atoms in total. The Kier molecular flexibility index (Phi) is 7.13. The van der Waals surface area contributed by atoms with E-state index in [1.165, 1.54) is 0 Å². The molecule has 2 N–H and O–H groups in total.